The fourth-order valence-corrected chi connectivity index (χ4v) is 2.74. The molecule has 2 N–H and O–H groups in total. The molecule has 1 saturated heterocycles. The summed E-state index contributed by atoms with van der Waals surface area (Å²) in [7, 11) is 0. The zero-order valence-corrected chi connectivity index (χ0v) is 12.0. The van der Waals surface area contributed by atoms with Crippen LogP contribution >= 0.6 is 12.2 Å². The lowest BCUT2D eigenvalue weighted by Gasteiger charge is -2.33. The predicted octanol–water partition coefficient (Wildman–Crippen LogP) is 1.96. The van der Waals surface area contributed by atoms with Crippen molar-refractivity contribution in [1.82, 2.24) is 10.2 Å². The van der Waals surface area contributed by atoms with Gasteiger partial charge in [0.05, 0.1) is 11.3 Å². The number of aryl methyl sites for hydroxylation is 1. The molecule has 0 radical (unpaired) electrons. The molecule has 4 nitrogen and oxygen atoms in total. The van der Waals surface area contributed by atoms with Crippen LogP contribution in [-0.4, -0.2) is 28.3 Å². The average molecular weight is 264 g/mol. The van der Waals surface area contributed by atoms with Crippen molar-refractivity contribution < 1.29 is 0 Å². The van der Waals surface area contributed by atoms with Gasteiger partial charge in [0.25, 0.3) is 0 Å². The van der Waals surface area contributed by atoms with E-state index in [9.17, 15) is 0 Å². The average Bonchev–Trinajstić information content (AvgIpc) is 2.32. The second-order valence-corrected chi connectivity index (χ2v) is 5.61. The lowest BCUT2D eigenvalue weighted by molar-refractivity contribution is 0.443. The van der Waals surface area contributed by atoms with Crippen molar-refractivity contribution in [3.63, 3.8) is 0 Å². The van der Waals surface area contributed by atoms with E-state index in [2.05, 4.69) is 22.0 Å². The number of hydrogen-bond donors (Lipinski definition) is 1. The van der Waals surface area contributed by atoms with Crippen molar-refractivity contribution in [2.45, 2.75) is 33.6 Å². The number of nitrogens with zero attached hydrogens (tertiary/aromatic N) is 3. The summed E-state index contributed by atoms with van der Waals surface area (Å²) < 4.78 is 0. The molecule has 0 spiro atoms. The molecule has 2 heterocycles. The topological polar surface area (TPSA) is 55.0 Å². The van der Waals surface area contributed by atoms with E-state index in [0.29, 0.717) is 10.9 Å². The van der Waals surface area contributed by atoms with Crippen molar-refractivity contribution in [3.05, 3.63) is 16.8 Å². The fraction of sp³-hybridized carbons (Fsp3) is 0.615. The van der Waals surface area contributed by atoms with Gasteiger partial charge in [-0.3, -0.25) is 0 Å². The highest BCUT2D eigenvalue weighted by Crippen LogP contribution is 2.26. The van der Waals surface area contributed by atoms with Crippen LogP contribution in [0.15, 0.2) is 0 Å². The minimum atomic E-state index is 0.415. The van der Waals surface area contributed by atoms with Crippen molar-refractivity contribution in [1.29, 1.82) is 0 Å². The Bertz CT molecular complexity index is 472. The van der Waals surface area contributed by atoms with Crippen LogP contribution in [-0.2, 0) is 0 Å². The van der Waals surface area contributed by atoms with Gasteiger partial charge in [-0.15, -0.1) is 5.10 Å². The quantitative estimate of drug-likeness (QED) is 0.828. The van der Waals surface area contributed by atoms with Gasteiger partial charge in [0.15, 0.2) is 5.82 Å². The van der Waals surface area contributed by atoms with Crippen LogP contribution in [0.5, 0.6) is 0 Å². The zero-order valence-electron chi connectivity index (χ0n) is 11.2. The van der Waals surface area contributed by atoms with E-state index in [0.717, 1.165) is 35.7 Å². The van der Waals surface area contributed by atoms with Crippen LogP contribution in [0, 0.1) is 19.8 Å². The summed E-state index contributed by atoms with van der Waals surface area (Å²) in [5, 5.41) is 8.54. The normalized spacial score (nSPS) is 19.9. The molecule has 1 aromatic rings. The molecule has 2 rings (SSSR count). The van der Waals surface area contributed by atoms with Crippen molar-refractivity contribution in [2.24, 2.45) is 11.7 Å². The summed E-state index contributed by atoms with van der Waals surface area (Å²) in [6.07, 6.45) is 2.46. The van der Waals surface area contributed by atoms with Crippen LogP contribution in [0.1, 0.15) is 36.6 Å². The number of rotatable bonds is 2. The zero-order chi connectivity index (χ0) is 13.3. The van der Waals surface area contributed by atoms with Crippen LogP contribution in [0.3, 0.4) is 0 Å². The molecule has 18 heavy (non-hydrogen) atoms. The Hall–Kier alpha value is -1.23. The molecular weight excluding hydrogens is 244 g/mol. The molecule has 0 aromatic carbocycles. The lowest BCUT2D eigenvalue weighted by Crippen LogP contribution is -2.37. The molecule has 0 saturated carbocycles. The number of anilines is 1. The molecule has 1 unspecified atom stereocenters. The van der Waals surface area contributed by atoms with Gasteiger partial charge in [0.2, 0.25) is 0 Å². The first-order valence-electron chi connectivity index (χ1n) is 6.39. The summed E-state index contributed by atoms with van der Waals surface area (Å²) in [6.45, 7) is 8.23. The van der Waals surface area contributed by atoms with E-state index < -0.39 is 0 Å². The number of aromatic nitrogens is 2. The largest absolute Gasteiger partial charge is 0.389 e. The molecule has 0 amide bonds. The maximum atomic E-state index is 5.86. The summed E-state index contributed by atoms with van der Waals surface area (Å²) >= 11 is 5.18. The van der Waals surface area contributed by atoms with Crippen LogP contribution in [0.25, 0.3) is 0 Å². The third kappa shape index (κ3) is 2.46. The minimum absolute atomic E-state index is 0.415. The van der Waals surface area contributed by atoms with Gasteiger partial charge in [-0.05, 0) is 38.2 Å². The molecule has 1 atom stereocenters. The second-order valence-electron chi connectivity index (χ2n) is 5.17. The van der Waals surface area contributed by atoms with Crippen LogP contribution in [0.2, 0.25) is 0 Å². The monoisotopic (exact) mass is 264 g/mol. The minimum Gasteiger partial charge on any atom is -0.389 e. The summed E-state index contributed by atoms with van der Waals surface area (Å²) in [5.74, 6) is 1.54. The third-order valence-electron chi connectivity index (χ3n) is 3.64. The first-order valence-corrected chi connectivity index (χ1v) is 6.80. The molecule has 1 fully saturated rings. The molecule has 1 aliphatic heterocycles. The van der Waals surface area contributed by atoms with Gasteiger partial charge < -0.3 is 10.6 Å². The van der Waals surface area contributed by atoms with Crippen molar-refractivity contribution in [3.8, 4) is 0 Å². The maximum absolute atomic E-state index is 5.86. The second kappa shape index (κ2) is 5.18. The van der Waals surface area contributed by atoms with Crippen molar-refractivity contribution in [2.75, 3.05) is 18.0 Å². The van der Waals surface area contributed by atoms with E-state index in [1.165, 1.54) is 12.8 Å². The SMILES string of the molecule is Cc1nnc(N2CCCC(C)C2)c(C(N)=S)c1C. The first-order chi connectivity index (χ1) is 8.50. The summed E-state index contributed by atoms with van der Waals surface area (Å²) in [5.41, 5.74) is 8.70. The van der Waals surface area contributed by atoms with E-state index in [1.54, 1.807) is 0 Å². The Balaban J connectivity index is 2.43. The Kier molecular flexibility index (Phi) is 3.80. The van der Waals surface area contributed by atoms with Crippen LogP contribution < -0.4 is 10.6 Å². The molecule has 0 aliphatic carbocycles. The van der Waals surface area contributed by atoms with Crippen molar-refractivity contribution >= 4 is 23.0 Å². The number of hydrogen-bond acceptors (Lipinski definition) is 4. The molecule has 1 aliphatic rings. The highest BCUT2D eigenvalue weighted by molar-refractivity contribution is 7.80. The predicted molar refractivity (Wildman–Crippen MR) is 78.0 cm³/mol. The summed E-state index contributed by atoms with van der Waals surface area (Å²) in [4.78, 5) is 2.68. The van der Waals surface area contributed by atoms with E-state index in [4.69, 9.17) is 18.0 Å². The number of nitrogens with two attached hydrogens (primary N) is 1. The Morgan fingerprint density at radius 2 is 2.11 bits per heavy atom. The van der Waals surface area contributed by atoms with Gasteiger partial charge in [0.1, 0.15) is 4.99 Å². The molecule has 5 heteroatoms. The highest BCUT2D eigenvalue weighted by atomic mass is 32.1. The van der Waals surface area contributed by atoms with Gasteiger partial charge in [0, 0.05) is 13.1 Å². The van der Waals surface area contributed by atoms with Gasteiger partial charge in [-0.25, -0.2) is 0 Å². The third-order valence-corrected chi connectivity index (χ3v) is 3.84. The standard InChI is InChI=1S/C13H20N4S/c1-8-5-4-6-17(7-8)13-11(12(14)18)9(2)10(3)15-16-13/h8H,4-7H2,1-3H3,(H2,14,18). The van der Waals surface area contributed by atoms with E-state index >= 15 is 0 Å². The Labute approximate surface area is 114 Å². The van der Waals surface area contributed by atoms with Crippen LogP contribution in [0.4, 0.5) is 5.82 Å². The number of piperidine rings is 1. The molecule has 0 bridgehead atoms. The van der Waals surface area contributed by atoms with Gasteiger partial charge in [-0.1, -0.05) is 19.1 Å². The first kappa shape index (κ1) is 13.2. The molecule has 98 valence electrons. The smallest absolute Gasteiger partial charge is 0.161 e. The lowest BCUT2D eigenvalue weighted by atomic mass is 9.99. The van der Waals surface area contributed by atoms with E-state index in [1.807, 2.05) is 13.8 Å². The fourth-order valence-electron chi connectivity index (χ4n) is 2.49. The summed E-state index contributed by atoms with van der Waals surface area (Å²) in [6, 6.07) is 0. The van der Waals surface area contributed by atoms with Gasteiger partial charge >= 0.3 is 0 Å². The van der Waals surface area contributed by atoms with E-state index in [-0.39, 0.29) is 0 Å². The maximum Gasteiger partial charge on any atom is 0.161 e. The molecular formula is C13H20N4S. The Morgan fingerprint density at radius 3 is 2.72 bits per heavy atom. The van der Waals surface area contributed by atoms with Gasteiger partial charge in [-0.2, -0.15) is 5.10 Å². The molecule has 1 aromatic heterocycles. The number of thiocarbonyl (C=S) groups is 1. The Morgan fingerprint density at radius 1 is 1.39 bits per heavy atom. The highest BCUT2D eigenvalue weighted by Gasteiger charge is 2.23.